The van der Waals surface area contributed by atoms with Gasteiger partial charge in [0.2, 0.25) is 0 Å². The molecule has 1 N–H and O–H groups in total. The zero-order valence-corrected chi connectivity index (χ0v) is 11.9. The van der Waals surface area contributed by atoms with Crippen LogP contribution in [0.3, 0.4) is 0 Å². The van der Waals surface area contributed by atoms with Crippen molar-refractivity contribution in [2.75, 3.05) is 13.2 Å². The molecule has 1 aliphatic rings. The van der Waals surface area contributed by atoms with Gasteiger partial charge in [0.15, 0.2) is 17.4 Å². The molecule has 1 aromatic carbocycles. The van der Waals surface area contributed by atoms with Crippen molar-refractivity contribution < 1.29 is 18.3 Å². The monoisotopic (exact) mass is 285 g/mol. The van der Waals surface area contributed by atoms with Crippen molar-refractivity contribution in [3.05, 3.63) is 29.3 Å². The van der Waals surface area contributed by atoms with E-state index in [-0.39, 0.29) is 24.5 Å². The molecule has 5 heteroatoms. The summed E-state index contributed by atoms with van der Waals surface area (Å²) in [5.41, 5.74) is 0.568. The molecule has 0 radical (unpaired) electrons. The standard InChI is InChI=1S/C15H21F2NO2/c1-10(2)18-8-11-6-13(16)15(14(17)7-11)20-9-12-4-3-5-19-12/h6-7,10,12,18H,3-5,8-9H2,1-2H3. The van der Waals surface area contributed by atoms with E-state index in [9.17, 15) is 8.78 Å². The van der Waals surface area contributed by atoms with E-state index in [0.29, 0.717) is 18.7 Å². The average molecular weight is 285 g/mol. The molecule has 1 aromatic rings. The van der Waals surface area contributed by atoms with E-state index >= 15 is 0 Å². The number of halogens is 2. The predicted molar refractivity (Wildman–Crippen MR) is 72.8 cm³/mol. The highest BCUT2D eigenvalue weighted by Crippen LogP contribution is 2.24. The lowest BCUT2D eigenvalue weighted by atomic mass is 10.2. The van der Waals surface area contributed by atoms with Gasteiger partial charge in [-0.1, -0.05) is 13.8 Å². The fourth-order valence-corrected chi connectivity index (χ4v) is 2.13. The molecule has 0 saturated carbocycles. The first-order valence-corrected chi connectivity index (χ1v) is 7.02. The summed E-state index contributed by atoms with van der Waals surface area (Å²) in [6, 6.07) is 2.88. The Kier molecular flexibility index (Phi) is 5.31. The topological polar surface area (TPSA) is 30.5 Å². The highest BCUT2D eigenvalue weighted by molar-refractivity contribution is 5.31. The molecule has 0 aliphatic carbocycles. The van der Waals surface area contributed by atoms with Crippen molar-refractivity contribution in [3.63, 3.8) is 0 Å². The van der Waals surface area contributed by atoms with Crippen molar-refractivity contribution in [2.24, 2.45) is 0 Å². The Labute approximate surface area is 118 Å². The van der Waals surface area contributed by atoms with Crippen LogP contribution in [0.1, 0.15) is 32.3 Å². The highest BCUT2D eigenvalue weighted by Gasteiger charge is 2.19. The normalized spacial score (nSPS) is 18.8. The molecule has 1 aliphatic heterocycles. The van der Waals surface area contributed by atoms with Crippen molar-refractivity contribution >= 4 is 0 Å². The van der Waals surface area contributed by atoms with Crippen molar-refractivity contribution in [2.45, 2.75) is 45.4 Å². The van der Waals surface area contributed by atoms with E-state index in [1.807, 2.05) is 13.8 Å². The summed E-state index contributed by atoms with van der Waals surface area (Å²) in [5.74, 6) is -1.64. The molecular formula is C15H21F2NO2. The Bertz CT molecular complexity index is 422. The van der Waals surface area contributed by atoms with E-state index < -0.39 is 11.6 Å². The molecule has 20 heavy (non-hydrogen) atoms. The molecule has 112 valence electrons. The zero-order valence-electron chi connectivity index (χ0n) is 11.9. The highest BCUT2D eigenvalue weighted by atomic mass is 19.1. The summed E-state index contributed by atoms with van der Waals surface area (Å²) in [6.45, 7) is 5.27. The second kappa shape index (κ2) is 6.99. The molecule has 1 heterocycles. The quantitative estimate of drug-likeness (QED) is 0.871. The van der Waals surface area contributed by atoms with E-state index in [4.69, 9.17) is 9.47 Å². The van der Waals surface area contributed by atoms with Gasteiger partial charge in [0, 0.05) is 19.2 Å². The van der Waals surface area contributed by atoms with E-state index in [1.54, 1.807) is 0 Å². The van der Waals surface area contributed by atoms with Crippen LogP contribution in [0.25, 0.3) is 0 Å². The first-order chi connectivity index (χ1) is 9.56. The summed E-state index contributed by atoms with van der Waals surface area (Å²) < 4.78 is 38.4. The molecular weight excluding hydrogens is 264 g/mol. The number of rotatable bonds is 6. The third-order valence-electron chi connectivity index (χ3n) is 3.21. The molecule has 1 fully saturated rings. The van der Waals surface area contributed by atoms with Crippen LogP contribution in [0, 0.1) is 11.6 Å². The summed E-state index contributed by atoms with van der Waals surface area (Å²) in [7, 11) is 0. The van der Waals surface area contributed by atoms with Gasteiger partial charge < -0.3 is 14.8 Å². The lowest BCUT2D eigenvalue weighted by molar-refractivity contribution is 0.0650. The van der Waals surface area contributed by atoms with Gasteiger partial charge in [-0.25, -0.2) is 8.78 Å². The number of hydrogen-bond donors (Lipinski definition) is 1. The molecule has 1 unspecified atom stereocenters. The third-order valence-corrected chi connectivity index (χ3v) is 3.21. The predicted octanol–water partition coefficient (Wildman–Crippen LogP) is 3.02. The van der Waals surface area contributed by atoms with Crippen molar-refractivity contribution in [1.29, 1.82) is 0 Å². The lowest BCUT2D eigenvalue weighted by Gasteiger charge is -2.14. The van der Waals surface area contributed by atoms with Crippen LogP contribution in [0.4, 0.5) is 8.78 Å². The fraction of sp³-hybridized carbons (Fsp3) is 0.600. The molecule has 0 amide bonds. The summed E-state index contributed by atoms with van der Waals surface area (Å²) in [4.78, 5) is 0. The van der Waals surface area contributed by atoms with Crippen LogP contribution in [0.15, 0.2) is 12.1 Å². The SMILES string of the molecule is CC(C)NCc1cc(F)c(OCC2CCCO2)c(F)c1. The number of hydrogen-bond acceptors (Lipinski definition) is 3. The minimum Gasteiger partial charge on any atom is -0.485 e. The Morgan fingerprint density at radius 2 is 2.05 bits per heavy atom. The fourth-order valence-electron chi connectivity index (χ4n) is 2.13. The van der Waals surface area contributed by atoms with Gasteiger partial charge in [-0.15, -0.1) is 0 Å². The van der Waals surface area contributed by atoms with E-state index in [1.165, 1.54) is 12.1 Å². The van der Waals surface area contributed by atoms with Gasteiger partial charge in [-0.05, 0) is 30.5 Å². The first-order valence-electron chi connectivity index (χ1n) is 7.02. The molecule has 2 rings (SSSR count). The summed E-state index contributed by atoms with van der Waals surface area (Å²) in [6.07, 6.45) is 1.79. The van der Waals surface area contributed by atoms with Gasteiger partial charge in [-0.3, -0.25) is 0 Å². The number of nitrogens with one attached hydrogen (secondary N) is 1. The van der Waals surface area contributed by atoms with Crippen molar-refractivity contribution in [1.82, 2.24) is 5.32 Å². The van der Waals surface area contributed by atoms with Gasteiger partial charge >= 0.3 is 0 Å². The maximum absolute atomic E-state index is 13.9. The molecule has 0 aromatic heterocycles. The average Bonchev–Trinajstić information content (AvgIpc) is 2.88. The van der Waals surface area contributed by atoms with Gasteiger partial charge in [0.25, 0.3) is 0 Å². The lowest BCUT2D eigenvalue weighted by Crippen LogP contribution is -2.22. The second-order valence-electron chi connectivity index (χ2n) is 5.37. The van der Waals surface area contributed by atoms with E-state index in [2.05, 4.69) is 5.32 Å². The summed E-state index contributed by atoms with van der Waals surface area (Å²) in [5, 5.41) is 3.12. The van der Waals surface area contributed by atoms with Crippen LogP contribution < -0.4 is 10.1 Å². The minimum absolute atomic E-state index is 0.0592. The second-order valence-corrected chi connectivity index (χ2v) is 5.37. The maximum atomic E-state index is 13.9. The Morgan fingerprint density at radius 3 is 2.60 bits per heavy atom. The molecule has 1 atom stereocenters. The summed E-state index contributed by atoms with van der Waals surface area (Å²) >= 11 is 0. The number of ether oxygens (including phenoxy) is 2. The Morgan fingerprint density at radius 1 is 1.35 bits per heavy atom. The van der Waals surface area contributed by atoms with Crippen molar-refractivity contribution in [3.8, 4) is 5.75 Å². The molecule has 1 saturated heterocycles. The molecule has 3 nitrogen and oxygen atoms in total. The largest absolute Gasteiger partial charge is 0.485 e. The van der Waals surface area contributed by atoms with Gasteiger partial charge in [0.05, 0.1) is 6.10 Å². The zero-order chi connectivity index (χ0) is 14.5. The Hall–Kier alpha value is -1.20. The first kappa shape index (κ1) is 15.2. The minimum atomic E-state index is -0.663. The van der Waals surface area contributed by atoms with Crippen LogP contribution >= 0.6 is 0 Å². The van der Waals surface area contributed by atoms with Crippen LogP contribution in [0.5, 0.6) is 5.75 Å². The van der Waals surface area contributed by atoms with Crippen LogP contribution in [-0.4, -0.2) is 25.4 Å². The molecule has 0 bridgehead atoms. The van der Waals surface area contributed by atoms with Crippen LogP contribution in [-0.2, 0) is 11.3 Å². The number of benzene rings is 1. The van der Waals surface area contributed by atoms with Crippen LogP contribution in [0.2, 0.25) is 0 Å². The van der Waals surface area contributed by atoms with Gasteiger partial charge in [-0.2, -0.15) is 0 Å². The Balaban J connectivity index is 1.98. The third kappa shape index (κ3) is 4.15. The smallest absolute Gasteiger partial charge is 0.190 e. The molecule has 0 spiro atoms. The van der Waals surface area contributed by atoms with Gasteiger partial charge in [0.1, 0.15) is 6.61 Å². The van der Waals surface area contributed by atoms with E-state index in [0.717, 1.165) is 12.8 Å². The maximum Gasteiger partial charge on any atom is 0.190 e.